The molecule has 1 aliphatic heterocycles. The van der Waals surface area contributed by atoms with Crippen molar-refractivity contribution < 1.29 is 5.11 Å². The summed E-state index contributed by atoms with van der Waals surface area (Å²) in [6.45, 7) is 3.58. The molecule has 1 N–H and O–H groups in total. The van der Waals surface area contributed by atoms with Crippen LogP contribution < -0.4 is 0 Å². The number of hydrogen-bond acceptors (Lipinski definition) is 2. The van der Waals surface area contributed by atoms with Crippen molar-refractivity contribution >= 4 is 12.4 Å². The van der Waals surface area contributed by atoms with Gasteiger partial charge in [0, 0.05) is 6.54 Å². The number of halogens is 1. The summed E-state index contributed by atoms with van der Waals surface area (Å²) in [5, 5.41) is 8.36. The second-order valence-corrected chi connectivity index (χ2v) is 1.92. The second kappa shape index (κ2) is 4.13. The third-order valence-electron chi connectivity index (χ3n) is 1.36. The Balaban J connectivity index is 0.000000490. The first kappa shape index (κ1) is 8.21. The van der Waals surface area contributed by atoms with Crippen LogP contribution in [0, 0.1) is 0 Å². The Kier molecular flexibility index (Phi) is 4.23. The van der Waals surface area contributed by atoms with Crippen LogP contribution in [0.3, 0.4) is 0 Å². The molecule has 1 saturated heterocycles. The number of likely N-dealkylation sites (tertiary alicyclic amines) is 1. The SMILES string of the molecule is Cl.OCCN1CCC1. The summed E-state index contributed by atoms with van der Waals surface area (Å²) in [5.74, 6) is 0. The van der Waals surface area contributed by atoms with Crippen LogP contribution in [0.25, 0.3) is 0 Å². The second-order valence-electron chi connectivity index (χ2n) is 1.92. The first-order valence-electron chi connectivity index (χ1n) is 2.76. The quantitative estimate of drug-likeness (QED) is 0.584. The largest absolute Gasteiger partial charge is 0.395 e. The number of aliphatic hydroxyl groups excluding tert-OH is 1. The van der Waals surface area contributed by atoms with Gasteiger partial charge in [-0.3, -0.25) is 0 Å². The van der Waals surface area contributed by atoms with Crippen molar-refractivity contribution in [2.24, 2.45) is 0 Å². The highest BCUT2D eigenvalue weighted by Gasteiger charge is 2.10. The molecule has 8 heavy (non-hydrogen) atoms. The number of nitrogens with zero attached hydrogens (tertiary/aromatic N) is 1. The van der Waals surface area contributed by atoms with Crippen molar-refractivity contribution in [2.75, 3.05) is 26.2 Å². The highest BCUT2D eigenvalue weighted by molar-refractivity contribution is 5.85. The third-order valence-corrected chi connectivity index (χ3v) is 1.36. The molecule has 2 nitrogen and oxygen atoms in total. The van der Waals surface area contributed by atoms with Gasteiger partial charge >= 0.3 is 0 Å². The molecular formula is C5H12ClNO. The van der Waals surface area contributed by atoms with Gasteiger partial charge in [-0.1, -0.05) is 0 Å². The van der Waals surface area contributed by atoms with Crippen molar-refractivity contribution in [3.8, 4) is 0 Å². The smallest absolute Gasteiger partial charge is 0.0558 e. The van der Waals surface area contributed by atoms with Gasteiger partial charge in [-0.05, 0) is 19.5 Å². The van der Waals surface area contributed by atoms with Gasteiger partial charge in [0.05, 0.1) is 6.61 Å². The van der Waals surface area contributed by atoms with E-state index in [1.54, 1.807) is 0 Å². The van der Waals surface area contributed by atoms with Crippen LogP contribution in [0.5, 0.6) is 0 Å². The Labute approximate surface area is 55.9 Å². The molecule has 1 fully saturated rings. The zero-order valence-corrected chi connectivity index (χ0v) is 5.65. The van der Waals surface area contributed by atoms with E-state index < -0.39 is 0 Å². The zero-order valence-electron chi connectivity index (χ0n) is 4.84. The van der Waals surface area contributed by atoms with E-state index in [9.17, 15) is 0 Å². The summed E-state index contributed by atoms with van der Waals surface area (Å²) in [4.78, 5) is 2.24. The molecule has 0 atom stereocenters. The van der Waals surface area contributed by atoms with Crippen LogP contribution in [0.1, 0.15) is 6.42 Å². The molecule has 3 heteroatoms. The topological polar surface area (TPSA) is 23.5 Å². The van der Waals surface area contributed by atoms with Gasteiger partial charge in [0.1, 0.15) is 0 Å². The maximum atomic E-state index is 8.36. The van der Waals surface area contributed by atoms with Gasteiger partial charge in [-0.25, -0.2) is 0 Å². The van der Waals surface area contributed by atoms with Crippen LogP contribution in [0.15, 0.2) is 0 Å². The van der Waals surface area contributed by atoms with Crippen molar-refractivity contribution in [1.29, 1.82) is 0 Å². The third kappa shape index (κ3) is 1.99. The molecule has 0 aromatic rings. The van der Waals surface area contributed by atoms with Crippen LogP contribution in [-0.4, -0.2) is 36.2 Å². The minimum absolute atomic E-state index is 0. The summed E-state index contributed by atoms with van der Waals surface area (Å²) >= 11 is 0. The average Bonchev–Trinajstić information content (AvgIpc) is 1.55. The number of rotatable bonds is 2. The van der Waals surface area contributed by atoms with Crippen molar-refractivity contribution in [3.63, 3.8) is 0 Å². The maximum absolute atomic E-state index is 8.36. The van der Waals surface area contributed by atoms with Crippen LogP contribution in [-0.2, 0) is 0 Å². The van der Waals surface area contributed by atoms with Gasteiger partial charge in [0.2, 0.25) is 0 Å². The van der Waals surface area contributed by atoms with Crippen molar-refractivity contribution in [3.05, 3.63) is 0 Å². The lowest BCUT2D eigenvalue weighted by Gasteiger charge is -2.29. The summed E-state index contributed by atoms with van der Waals surface area (Å²) in [6, 6.07) is 0. The molecule has 0 saturated carbocycles. The van der Waals surface area contributed by atoms with Crippen LogP contribution >= 0.6 is 12.4 Å². The van der Waals surface area contributed by atoms with E-state index in [-0.39, 0.29) is 12.4 Å². The summed E-state index contributed by atoms with van der Waals surface area (Å²) < 4.78 is 0. The molecule has 50 valence electrons. The Morgan fingerprint density at radius 2 is 2.00 bits per heavy atom. The van der Waals surface area contributed by atoms with E-state index in [0.717, 1.165) is 6.54 Å². The summed E-state index contributed by atoms with van der Waals surface area (Å²) in [6.07, 6.45) is 1.32. The van der Waals surface area contributed by atoms with Crippen molar-refractivity contribution in [2.45, 2.75) is 6.42 Å². The molecule has 0 spiro atoms. The standard InChI is InChI=1S/C5H11NO.ClH/c7-5-4-6-2-1-3-6;/h7H,1-5H2;1H. The normalized spacial score (nSPS) is 19.1. The molecule has 0 unspecified atom stereocenters. The predicted molar refractivity (Wildman–Crippen MR) is 35.4 cm³/mol. The van der Waals surface area contributed by atoms with Gasteiger partial charge < -0.3 is 10.0 Å². The highest BCUT2D eigenvalue weighted by Crippen LogP contribution is 2.02. The van der Waals surface area contributed by atoms with E-state index in [1.165, 1.54) is 19.5 Å². The molecule has 0 bridgehead atoms. The molecule has 0 aromatic heterocycles. The summed E-state index contributed by atoms with van der Waals surface area (Å²) in [7, 11) is 0. The predicted octanol–water partition coefficient (Wildman–Crippen LogP) is 0.106. The summed E-state index contributed by atoms with van der Waals surface area (Å²) in [5.41, 5.74) is 0. The Hall–Kier alpha value is 0.210. The average molecular weight is 138 g/mol. The van der Waals surface area contributed by atoms with Crippen LogP contribution in [0.2, 0.25) is 0 Å². The van der Waals surface area contributed by atoms with E-state index in [1.807, 2.05) is 0 Å². The highest BCUT2D eigenvalue weighted by atomic mass is 35.5. The fourth-order valence-electron chi connectivity index (χ4n) is 0.747. The van der Waals surface area contributed by atoms with Gasteiger partial charge in [-0.15, -0.1) is 12.4 Å². The fraction of sp³-hybridized carbons (Fsp3) is 1.00. The monoisotopic (exact) mass is 137 g/mol. The molecule has 0 aromatic carbocycles. The Morgan fingerprint density at radius 3 is 2.12 bits per heavy atom. The number of aliphatic hydroxyl groups is 1. The molecule has 1 rings (SSSR count). The lowest BCUT2D eigenvalue weighted by Crippen LogP contribution is -2.38. The molecule has 0 radical (unpaired) electrons. The van der Waals surface area contributed by atoms with Gasteiger partial charge in [-0.2, -0.15) is 0 Å². The molecule has 1 aliphatic rings. The van der Waals surface area contributed by atoms with Gasteiger partial charge in [0.25, 0.3) is 0 Å². The van der Waals surface area contributed by atoms with Gasteiger partial charge in [0.15, 0.2) is 0 Å². The van der Waals surface area contributed by atoms with E-state index in [0.29, 0.717) is 6.61 Å². The number of β-amino-alcohol motifs (C(OH)–C–C–N with tert-alkyl or cyclic N) is 1. The lowest BCUT2D eigenvalue weighted by atomic mass is 10.2. The first-order valence-corrected chi connectivity index (χ1v) is 2.76. The maximum Gasteiger partial charge on any atom is 0.0558 e. The minimum atomic E-state index is 0. The van der Waals surface area contributed by atoms with Crippen molar-refractivity contribution in [1.82, 2.24) is 4.90 Å². The van der Waals surface area contributed by atoms with E-state index >= 15 is 0 Å². The van der Waals surface area contributed by atoms with E-state index in [2.05, 4.69) is 4.90 Å². The fourth-order valence-corrected chi connectivity index (χ4v) is 0.747. The molecular weight excluding hydrogens is 126 g/mol. The zero-order chi connectivity index (χ0) is 5.11. The van der Waals surface area contributed by atoms with Crippen LogP contribution in [0.4, 0.5) is 0 Å². The Morgan fingerprint density at radius 1 is 1.38 bits per heavy atom. The molecule has 0 aliphatic carbocycles. The minimum Gasteiger partial charge on any atom is -0.395 e. The Bertz CT molecular complexity index is 56.4. The lowest BCUT2D eigenvalue weighted by molar-refractivity contribution is 0.139. The first-order chi connectivity index (χ1) is 3.43. The number of hydrogen-bond donors (Lipinski definition) is 1. The molecule has 0 amide bonds. The van der Waals surface area contributed by atoms with E-state index in [4.69, 9.17) is 5.11 Å². The molecule has 1 heterocycles.